The Hall–Kier alpha value is -1.34. The van der Waals surface area contributed by atoms with E-state index in [1.165, 1.54) is 31.2 Å². The zero-order valence-electron chi connectivity index (χ0n) is 10.8. The molecule has 5 rings (SSSR count). The number of halogens is 1. The van der Waals surface area contributed by atoms with Gasteiger partial charge in [0.2, 0.25) is 0 Å². The van der Waals surface area contributed by atoms with Gasteiger partial charge in [-0.15, -0.1) is 0 Å². The van der Waals surface area contributed by atoms with E-state index in [4.69, 9.17) is 11.6 Å². The summed E-state index contributed by atoms with van der Waals surface area (Å²) in [7, 11) is 0. The fourth-order valence-corrected chi connectivity index (χ4v) is 3.80. The first-order valence-corrected chi connectivity index (χ1v) is 7.45. The second kappa shape index (κ2) is 4.35. The molecule has 19 heavy (non-hydrogen) atoms. The SMILES string of the molecule is Clc1ccc(-c2cc3c(cn2)C2CCC3CC2)cc1. The van der Waals surface area contributed by atoms with Gasteiger partial charge in [0.05, 0.1) is 5.69 Å². The van der Waals surface area contributed by atoms with Crippen LogP contribution in [0.5, 0.6) is 0 Å². The molecule has 0 unspecified atom stereocenters. The van der Waals surface area contributed by atoms with Gasteiger partial charge in [-0.2, -0.15) is 0 Å². The van der Waals surface area contributed by atoms with Crippen molar-refractivity contribution in [2.45, 2.75) is 37.5 Å². The lowest BCUT2D eigenvalue weighted by molar-refractivity contribution is 0.358. The van der Waals surface area contributed by atoms with Gasteiger partial charge in [0, 0.05) is 16.8 Å². The molecule has 0 spiro atoms. The van der Waals surface area contributed by atoms with Crippen molar-refractivity contribution >= 4 is 11.6 Å². The number of rotatable bonds is 1. The summed E-state index contributed by atoms with van der Waals surface area (Å²) in [5, 5.41) is 0.778. The summed E-state index contributed by atoms with van der Waals surface area (Å²) < 4.78 is 0. The summed E-state index contributed by atoms with van der Waals surface area (Å²) in [6, 6.07) is 10.3. The molecule has 0 radical (unpaired) electrons. The topological polar surface area (TPSA) is 12.9 Å². The minimum Gasteiger partial charge on any atom is -0.256 e. The molecule has 2 bridgehead atoms. The first kappa shape index (κ1) is 11.5. The van der Waals surface area contributed by atoms with Crippen molar-refractivity contribution < 1.29 is 0 Å². The fourth-order valence-electron chi connectivity index (χ4n) is 3.67. The summed E-state index contributed by atoms with van der Waals surface area (Å²) >= 11 is 5.95. The van der Waals surface area contributed by atoms with E-state index in [-0.39, 0.29) is 0 Å². The van der Waals surface area contributed by atoms with Crippen molar-refractivity contribution in [1.29, 1.82) is 0 Å². The van der Waals surface area contributed by atoms with Crippen LogP contribution in [-0.4, -0.2) is 4.98 Å². The Balaban J connectivity index is 1.79. The van der Waals surface area contributed by atoms with Crippen molar-refractivity contribution in [3.05, 3.63) is 52.7 Å². The number of fused-ring (bicyclic) bond motifs is 2. The van der Waals surface area contributed by atoms with Gasteiger partial charge in [0.25, 0.3) is 0 Å². The van der Waals surface area contributed by atoms with Crippen molar-refractivity contribution in [3.63, 3.8) is 0 Å². The molecule has 0 saturated heterocycles. The Morgan fingerprint density at radius 1 is 0.895 bits per heavy atom. The third kappa shape index (κ3) is 1.88. The van der Waals surface area contributed by atoms with E-state index < -0.39 is 0 Å². The molecule has 1 saturated carbocycles. The van der Waals surface area contributed by atoms with Crippen LogP contribution >= 0.6 is 11.6 Å². The largest absolute Gasteiger partial charge is 0.256 e. The number of hydrogen-bond acceptors (Lipinski definition) is 1. The smallest absolute Gasteiger partial charge is 0.0705 e. The molecule has 1 fully saturated rings. The molecular weight excluding hydrogens is 254 g/mol. The van der Waals surface area contributed by atoms with Gasteiger partial charge >= 0.3 is 0 Å². The zero-order chi connectivity index (χ0) is 12.8. The minimum atomic E-state index is 0.770. The molecule has 0 N–H and O–H groups in total. The quantitative estimate of drug-likeness (QED) is 0.697. The van der Waals surface area contributed by atoms with Gasteiger partial charge in [-0.25, -0.2) is 0 Å². The van der Waals surface area contributed by atoms with Crippen LogP contribution in [0, 0.1) is 0 Å². The number of nitrogens with zero attached hydrogens (tertiary/aromatic N) is 1. The van der Waals surface area contributed by atoms with E-state index in [1.54, 1.807) is 5.56 Å². The lowest BCUT2D eigenvalue weighted by atomic mass is 9.67. The summed E-state index contributed by atoms with van der Waals surface area (Å²) in [5.41, 5.74) is 5.32. The van der Waals surface area contributed by atoms with Gasteiger partial charge in [0.1, 0.15) is 0 Å². The molecule has 3 aliphatic carbocycles. The van der Waals surface area contributed by atoms with Crippen LogP contribution in [0.25, 0.3) is 11.3 Å². The van der Waals surface area contributed by atoms with Crippen LogP contribution in [0.1, 0.15) is 48.6 Å². The lowest BCUT2D eigenvalue weighted by Crippen LogP contribution is -2.21. The molecular formula is C17H16ClN. The Bertz CT molecular complexity index is 610. The predicted octanol–water partition coefficient (Wildman–Crippen LogP) is 5.16. The highest BCUT2D eigenvalue weighted by atomic mass is 35.5. The molecule has 96 valence electrons. The van der Waals surface area contributed by atoms with Crippen molar-refractivity contribution in [2.24, 2.45) is 0 Å². The van der Waals surface area contributed by atoms with Crippen LogP contribution in [0.2, 0.25) is 5.02 Å². The maximum absolute atomic E-state index is 5.95. The molecule has 1 aromatic carbocycles. The van der Waals surface area contributed by atoms with Crippen LogP contribution in [-0.2, 0) is 0 Å². The van der Waals surface area contributed by atoms with Crippen LogP contribution in [0.4, 0.5) is 0 Å². The Labute approximate surface area is 118 Å². The summed E-state index contributed by atoms with van der Waals surface area (Å²) in [6.07, 6.45) is 7.57. The van der Waals surface area contributed by atoms with Crippen LogP contribution < -0.4 is 0 Å². The molecule has 2 aromatic rings. The minimum absolute atomic E-state index is 0.770. The Kier molecular flexibility index (Phi) is 2.63. The maximum atomic E-state index is 5.95. The van der Waals surface area contributed by atoms with E-state index in [1.807, 2.05) is 12.1 Å². The average Bonchev–Trinajstić information content (AvgIpc) is 2.49. The summed E-state index contributed by atoms with van der Waals surface area (Å²) in [6.45, 7) is 0. The summed E-state index contributed by atoms with van der Waals surface area (Å²) in [5.74, 6) is 1.54. The van der Waals surface area contributed by atoms with Crippen molar-refractivity contribution in [1.82, 2.24) is 4.98 Å². The first-order valence-electron chi connectivity index (χ1n) is 7.07. The van der Waals surface area contributed by atoms with Crippen molar-refractivity contribution in [3.8, 4) is 11.3 Å². The van der Waals surface area contributed by atoms with E-state index in [9.17, 15) is 0 Å². The predicted molar refractivity (Wildman–Crippen MR) is 78.6 cm³/mol. The monoisotopic (exact) mass is 269 g/mol. The summed E-state index contributed by atoms with van der Waals surface area (Å²) in [4.78, 5) is 4.67. The van der Waals surface area contributed by atoms with E-state index in [0.29, 0.717) is 0 Å². The Morgan fingerprint density at radius 3 is 2.21 bits per heavy atom. The molecule has 3 aliphatic rings. The second-order valence-electron chi connectivity index (χ2n) is 5.75. The van der Waals surface area contributed by atoms with Gasteiger partial charge in [-0.3, -0.25) is 4.98 Å². The number of pyridine rings is 1. The number of benzene rings is 1. The normalized spacial score (nSPS) is 24.3. The maximum Gasteiger partial charge on any atom is 0.0705 e. The average molecular weight is 270 g/mol. The van der Waals surface area contributed by atoms with E-state index >= 15 is 0 Å². The van der Waals surface area contributed by atoms with Gasteiger partial charge < -0.3 is 0 Å². The van der Waals surface area contributed by atoms with Gasteiger partial charge in [-0.05, 0) is 66.8 Å². The molecule has 1 nitrogen and oxygen atoms in total. The van der Waals surface area contributed by atoms with Crippen LogP contribution in [0.3, 0.4) is 0 Å². The highest BCUT2D eigenvalue weighted by Crippen LogP contribution is 2.49. The van der Waals surface area contributed by atoms with Gasteiger partial charge in [0.15, 0.2) is 0 Å². The molecule has 1 aromatic heterocycles. The zero-order valence-corrected chi connectivity index (χ0v) is 11.5. The second-order valence-corrected chi connectivity index (χ2v) is 6.19. The third-order valence-electron chi connectivity index (χ3n) is 4.72. The first-order chi connectivity index (χ1) is 9.31. The molecule has 1 heterocycles. The highest BCUT2D eigenvalue weighted by Gasteiger charge is 2.33. The number of aromatic nitrogens is 1. The molecule has 0 amide bonds. The van der Waals surface area contributed by atoms with E-state index in [2.05, 4.69) is 29.4 Å². The van der Waals surface area contributed by atoms with Crippen LogP contribution in [0.15, 0.2) is 36.5 Å². The highest BCUT2D eigenvalue weighted by molar-refractivity contribution is 6.30. The van der Waals surface area contributed by atoms with E-state index in [0.717, 1.165) is 28.1 Å². The molecule has 0 aliphatic heterocycles. The van der Waals surface area contributed by atoms with Gasteiger partial charge in [-0.1, -0.05) is 23.7 Å². The number of hydrogen-bond donors (Lipinski definition) is 0. The molecule has 0 atom stereocenters. The fraction of sp³-hybridized carbons (Fsp3) is 0.353. The third-order valence-corrected chi connectivity index (χ3v) is 4.97. The lowest BCUT2D eigenvalue weighted by Gasteiger charge is -2.38. The Morgan fingerprint density at radius 2 is 1.53 bits per heavy atom. The molecule has 2 heteroatoms. The van der Waals surface area contributed by atoms with Crippen molar-refractivity contribution in [2.75, 3.05) is 0 Å². The standard InChI is InChI=1S/C17H16ClN/c18-14-7-5-13(6-8-14)17-9-15-11-1-3-12(4-2-11)16(15)10-19-17/h5-12H,1-4H2.